The minimum atomic E-state index is -0.379. The summed E-state index contributed by atoms with van der Waals surface area (Å²) in [6.45, 7) is 0.0816. The van der Waals surface area contributed by atoms with Gasteiger partial charge >= 0.3 is 5.69 Å². The maximum absolute atomic E-state index is 11.8. The molecule has 0 saturated carbocycles. The minimum Gasteiger partial charge on any atom is -0.463 e. The Morgan fingerprint density at radius 2 is 2.47 bits per heavy atom. The molecule has 0 radical (unpaired) electrons. The second-order valence-corrected chi connectivity index (χ2v) is 4.38. The maximum atomic E-state index is 11.8. The van der Waals surface area contributed by atoms with Gasteiger partial charge in [-0.3, -0.25) is 0 Å². The van der Waals surface area contributed by atoms with Gasteiger partial charge in [-0.1, -0.05) is 11.3 Å². The zero-order valence-electron chi connectivity index (χ0n) is 10.8. The average Bonchev–Trinajstić information content (AvgIpc) is 3.11. The summed E-state index contributed by atoms with van der Waals surface area (Å²) < 4.78 is 20.2. The molecule has 0 amide bonds. The molecule has 3 heterocycles. The molecule has 0 bridgehead atoms. The third-order valence-electron chi connectivity index (χ3n) is 2.37. The van der Waals surface area contributed by atoms with Gasteiger partial charge in [0.15, 0.2) is 12.4 Å². The van der Waals surface area contributed by atoms with Crippen LogP contribution in [0.3, 0.4) is 0 Å². The Kier molecular flexibility index (Phi) is 2.59. The van der Waals surface area contributed by atoms with Crippen molar-refractivity contribution in [2.24, 2.45) is 7.05 Å². The van der Waals surface area contributed by atoms with Gasteiger partial charge in [0.2, 0.25) is 0 Å². The number of aromatic nitrogens is 5. The van der Waals surface area contributed by atoms with Gasteiger partial charge in [-0.15, -0.1) is 0 Å². The van der Waals surface area contributed by atoms with E-state index in [0.717, 1.165) is 9.36 Å². The Morgan fingerprint density at radius 1 is 1.58 bits per heavy atom. The van der Waals surface area contributed by atoms with Crippen molar-refractivity contribution in [1.29, 1.82) is 0 Å². The lowest BCUT2D eigenvalue weighted by molar-refractivity contribution is 0.268. The highest BCUT2D eigenvalue weighted by Crippen LogP contribution is 2.19. The first-order chi connectivity index (χ1) is 9.65. The molecule has 3 aromatic rings. The molecule has 3 rings (SSSR count). The van der Waals surface area contributed by atoms with Gasteiger partial charge in [-0.25, -0.2) is 9.78 Å². The summed E-state index contributed by atoms with van der Waals surface area (Å²) in [5.41, 5.74) is 0.0843. The van der Waals surface area contributed by atoms with Crippen molar-refractivity contribution in [1.82, 2.24) is 24.8 Å². The topological polar surface area (TPSA) is 88.0 Å². The minimum absolute atomic E-state index is 0.0816. The highest BCUT2D eigenvalue weighted by Gasteiger charge is 2.14. The van der Waals surface area contributed by atoms with Gasteiger partial charge in [0.25, 0.3) is 5.19 Å². The Bertz CT molecular complexity index is 789. The fourth-order valence-corrected chi connectivity index (χ4v) is 1.91. The summed E-state index contributed by atoms with van der Waals surface area (Å²) >= 11 is 1.22. The molecule has 0 spiro atoms. The predicted octanol–water partition coefficient (Wildman–Crippen LogP) is 0.594. The molecule has 0 aliphatic heterocycles. The Labute approximate surface area is 112 Å². The van der Waals surface area contributed by atoms with Crippen LogP contribution in [0.2, 0.25) is 0 Å². The highest BCUT2D eigenvalue weighted by atomic mass is 32.1. The summed E-state index contributed by atoms with van der Waals surface area (Å²) in [6.07, 6.45) is 1.59. The average molecular weight is 281 g/mol. The van der Waals surface area contributed by atoms with E-state index >= 15 is 0 Å². The molecule has 3 aromatic heterocycles. The molecule has 98 valence electrons. The van der Waals surface area contributed by atoms with Gasteiger partial charge < -0.3 is 9.15 Å². The lowest BCUT2D eigenvalue weighted by Gasteiger charge is -2.01. The molecule has 0 aliphatic rings. The molecule has 9 heteroatoms. The molecular formula is C10H9N5O3S. The van der Waals surface area contributed by atoms with Crippen molar-refractivity contribution < 1.29 is 10.5 Å². The molecule has 0 unspecified atom stereocenters. The molecule has 8 nitrogen and oxygen atoms in total. The van der Waals surface area contributed by atoms with Crippen molar-refractivity contribution in [2.45, 2.75) is 6.61 Å². The van der Waals surface area contributed by atoms with Crippen LogP contribution in [-0.4, -0.2) is 24.8 Å². The van der Waals surface area contributed by atoms with E-state index in [9.17, 15) is 4.79 Å². The Morgan fingerprint density at radius 3 is 3.16 bits per heavy atom. The monoisotopic (exact) mass is 281 g/mol. The van der Waals surface area contributed by atoms with Crippen LogP contribution in [0, 0.1) is 0 Å². The molecule has 0 N–H and O–H groups in total. The summed E-state index contributed by atoms with van der Waals surface area (Å²) in [6, 6.07) is 1.60. The Balaban J connectivity index is 1.83. The fraction of sp³-hybridized carbons (Fsp3) is 0.200. The van der Waals surface area contributed by atoms with Crippen LogP contribution in [0.5, 0.6) is 5.19 Å². The number of furan rings is 1. The predicted molar refractivity (Wildman–Crippen MR) is 65.3 cm³/mol. The maximum Gasteiger partial charge on any atom is 0.368 e. The molecular weight excluding hydrogens is 270 g/mol. The lowest BCUT2D eigenvalue weighted by atomic mass is 10.4. The standard InChI is InChI=1S/C10H9N5O3S/c1-14-10(16)15(13-12-14)7-2-4-17-8(7)6-18-9-11-3-5-19-9/h2-5H,6H2,1H3/i3T. The van der Waals surface area contributed by atoms with E-state index in [2.05, 4.69) is 15.4 Å². The second-order valence-electron chi connectivity index (χ2n) is 3.56. The van der Waals surface area contributed by atoms with Gasteiger partial charge in [0.05, 0.1) is 7.63 Å². The summed E-state index contributed by atoms with van der Waals surface area (Å²) in [5.74, 6) is 0.425. The number of hydrogen-bond acceptors (Lipinski definition) is 7. The SMILES string of the molecule is [3H]c1csc(OCc2occc2-n2nnn(C)c2=O)n1. The van der Waals surface area contributed by atoms with Crippen molar-refractivity contribution >= 4 is 11.3 Å². The van der Waals surface area contributed by atoms with Crippen LogP contribution < -0.4 is 10.4 Å². The van der Waals surface area contributed by atoms with E-state index in [1.54, 1.807) is 11.4 Å². The molecule has 0 saturated heterocycles. The summed E-state index contributed by atoms with van der Waals surface area (Å²) in [5, 5.41) is 9.30. The molecule has 0 aliphatic carbocycles. The first-order valence-corrected chi connectivity index (χ1v) is 6.14. The number of aryl methyl sites for hydroxylation is 1. The van der Waals surface area contributed by atoms with Gasteiger partial charge in [-0.2, -0.15) is 9.36 Å². The van der Waals surface area contributed by atoms with E-state index in [-0.39, 0.29) is 18.5 Å². The van der Waals surface area contributed by atoms with Crippen molar-refractivity contribution in [3.05, 3.63) is 40.1 Å². The number of nitrogens with zero attached hydrogens (tertiary/aromatic N) is 5. The zero-order valence-corrected chi connectivity index (χ0v) is 10.6. The van der Waals surface area contributed by atoms with Crippen LogP contribution in [0.15, 0.2) is 33.1 Å². The van der Waals surface area contributed by atoms with Crippen LogP contribution in [0.25, 0.3) is 5.69 Å². The van der Waals surface area contributed by atoms with Crippen molar-refractivity contribution in [3.8, 4) is 10.9 Å². The number of rotatable bonds is 4. The molecule has 0 fully saturated rings. The number of tetrazole rings is 1. The van der Waals surface area contributed by atoms with Crippen molar-refractivity contribution in [2.75, 3.05) is 0 Å². The smallest absolute Gasteiger partial charge is 0.368 e. The summed E-state index contributed by atoms with van der Waals surface area (Å²) in [7, 11) is 1.51. The first kappa shape index (κ1) is 10.5. The Hall–Kier alpha value is -2.42. The summed E-state index contributed by atoms with van der Waals surface area (Å²) in [4.78, 5) is 15.6. The number of thiazole rings is 1. The quantitative estimate of drug-likeness (QED) is 0.695. The van der Waals surface area contributed by atoms with E-state index in [1.165, 1.54) is 24.6 Å². The number of hydrogen-bond donors (Lipinski definition) is 0. The third kappa shape index (κ3) is 2.15. The van der Waals surface area contributed by atoms with Gasteiger partial charge in [-0.05, 0) is 10.4 Å². The van der Waals surface area contributed by atoms with E-state index < -0.39 is 0 Å². The normalized spacial score (nSPS) is 11.5. The van der Waals surface area contributed by atoms with Gasteiger partial charge in [0, 0.05) is 24.7 Å². The lowest BCUT2D eigenvalue weighted by Crippen LogP contribution is -2.22. The molecule has 19 heavy (non-hydrogen) atoms. The van der Waals surface area contributed by atoms with E-state index in [4.69, 9.17) is 10.5 Å². The van der Waals surface area contributed by atoms with Crippen LogP contribution >= 0.6 is 11.3 Å². The van der Waals surface area contributed by atoms with Crippen molar-refractivity contribution in [3.63, 3.8) is 0 Å². The third-order valence-corrected chi connectivity index (χ3v) is 3.00. The molecule has 0 atom stereocenters. The highest BCUT2D eigenvalue weighted by molar-refractivity contribution is 7.11. The first-order valence-electron chi connectivity index (χ1n) is 5.76. The fourth-order valence-electron chi connectivity index (χ4n) is 1.47. The van der Waals surface area contributed by atoms with E-state index in [0.29, 0.717) is 16.6 Å². The van der Waals surface area contributed by atoms with Crippen LogP contribution in [0.1, 0.15) is 7.13 Å². The van der Waals surface area contributed by atoms with Crippen LogP contribution in [0.4, 0.5) is 0 Å². The number of ether oxygens (including phenoxy) is 1. The largest absolute Gasteiger partial charge is 0.463 e. The van der Waals surface area contributed by atoms with Crippen LogP contribution in [-0.2, 0) is 13.7 Å². The molecule has 0 aromatic carbocycles. The zero-order chi connectivity index (χ0) is 14.1. The van der Waals surface area contributed by atoms with Gasteiger partial charge in [0.1, 0.15) is 5.69 Å². The van der Waals surface area contributed by atoms with E-state index in [1.807, 2.05) is 0 Å². The second kappa shape index (κ2) is 4.69.